The summed E-state index contributed by atoms with van der Waals surface area (Å²) in [5, 5.41) is 0. The number of rotatable bonds is 6. The van der Waals surface area contributed by atoms with Gasteiger partial charge in [0, 0.05) is 6.54 Å². The van der Waals surface area contributed by atoms with Crippen LogP contribution in [-0.4, -0.2) is 36.5 Å². The van der Waals surface area contributed by atoms with E-state index in [1.165, 1.54) is 0 Å². The number of esters is 1. The first-order valence-corrected chi connectivity index (χ1v) is 6.50. The molecule has 0 aliphatic carbocycles. The highest BCUT2D eigenvalue weighted by Crippen LogP contribution is 2.17. The minimum absolute atomic E-state index is 0.145. The Kier molecular flexibility index (Phi) is 6.20. The van der Waals surface area contributed by atoms with Crippen molar-refractivity contribution in [1.82, 2.24) is 4.90 Å². The average molecular weight is 303 g/mol. The molecule has 0 aliphatic rings. The van der Waals surface area contributed by atoms with Gasteiger partial charge in [0.1, 0.15) is 6.54 Å². The highest BCUT2D eigenvalue weighted by Gasteiger charge is 2.24. The lowest BCUT2D eigenvalue weighted by Gasteiger charge is -2.21. The molecule has 7 heteroatoms. The highest BCUT2D eigenvalue weighted by molar-refractivity contribution is 5.96. The molecule has 0 unspecified atom stereocenters. The van der Waals surface area contributed by atoms with Gasteiger partial charge in [-0.05, 0) is 25.5 Å². The van der Waals surface area contributed by atoms with E-state index in [-0.39, 0.29) is 19.7 Å². The smallest absolute Gasteiger partial charge is 0.325 e. The van der Waals surface area contributed by atoms with E-state index in [2.05, 4.69) is 0 Å². The summed E-state index contributed by atoms with van der Waals surface area (Å²) in [6, 6.07) is 1.52. The normalized spacial score (nSPS) is 10.3. The summed E-state index contributed by atoms with van der Waals surface area (Å²) >= 11 is 0. The van der Waals surface area contributed by atoms with Crippen molar-refractivity contribution in [3.8, 4) is 0 Å². The van der Waals surface area contributed by atoms with E-state index in [1.807, 2.05) is 0 Å². The van der Waals surface area contributed by atoms with Crippen molar-refractivity contribution in [3.63, 3.8) is 0 Å². The molecule has 1 aromatic carbocycles. The molecule has 1 rings (SSSR count). The molecule has 116 valence electrons. The van der Waals surface area contributed by atoms with Crippen LogP contribution >= 0.6 is 0 Å². The van der Waals surface area contributed by atoms with Gasteiger partial charge in [0.05, 0.1) is 12.2 Å². The Morgan fingerprint density at radius 2 is 1.81 bits per heavy atom. The summed E-state index contributed by atoms with van der Waals surface area (Å²) in [7, 11) is 0. The first kappa shape index (κ1) is 17.0. The van der Waals surface area contributed by atoms with Gasteiger partial charge in [0.2, 0.25) is 0 Å². The van der Waals surface area contributed by atoms with E-state index in [1.54, 1.807) is 13.8 Å². The largest absolute Gasteiger partial charge is 0.465 e. The van der Waals surface area contributed by atoms with Crippen LogP contribution < -0.4 is 0 Å². The molecule has 21 heavy (non-hydrogen) atoms. The average Bonchev–Trinajstić information content (AvgIpc) is 2.44. The van der Waals surface area contributed by atoms with Gasteiger partial charge in [-0.1, -0.05) is 6.92 Å². The number of carbonyl (C=O) groups is 2. The summed E-state index contributed by atoms with van der Waals surface area (Å²) in [5.41, 5.74) is -0.619. The van der Waals surface area contributed by atoms with Crippen molar-refractivity contribution in [2.24, 2.45) is 0 Å². The predicted octanol–water partition coefficient (Wildman–Crippen LogP) is 2.52. The van der Waals surface area contributed by atoms with Gasteiger partial charge in [-0.15, -0.1) is 0 Å². The number of nitrogens with zero attached hydrogens (tertiary/aromatic N) is 1. The minimum atomic E-state index is -1.71. The molecule has 0 radical (unpaired) electrons. The third-order valence-electron chi connectivity index (χ3n) is 2.67. The van der Waals surface area contributed by atoms with Gasteiger partial charge in [0.15, 0.2) is 17.5 Å². The fourth-order valence-electron chi connectivity index (χ4n) is 1.75. The Balaban J connectivity index is 3.01. The monoisotopic (exact) mass is 303 g/mol. The zero-order valence-electron chi connectivity index (χ0n) is 11.8. The van der Waals surface area contributed by atoms with E-state index >= 15 is 0 Å². The van der Waals surface area contributed by atoms with Gasteiger partial charge in [-0.3, -0.25) is 9.59 Å². The molecule has 0 spiro atoms. The summed E-state index contributed by atoms with van der Waals surface area (Å²) in [6.07, 6.45) is 0.510. The first-order valence-electron chi connectivity index (χ1n) is 6.50. The van der Waals surface area contributed by atoms with Crippen molar-refractivity contribution < 1.29 is 27.5 Å². The molecule has 0 N–H and O–H groups in total. The van der Waals surface area contributed by atoms with Crippen LogP contribution in [0.15, 0.2) is 12.1 Å². The maximum absolute atomic E-state index is 13.6. The second-order valence-electron chi connectivity index (χ2n) is 4.25. The van der Waals surface area contributed by atoms with Gasteiger partial charge < -0.3 is 9.64 Å². The number of hydrogen-bond acceptors (Lipinski definition) is 3. The van der Waals surface area contributed by atoms with Gasteiger partial charge in [-0.25, -0.2) is 13.2 Å². The molecule has 0 bridgehead atoms. The van der Waals surface area contributed by atoms with Gasteiger partial charge in [-0.2, -0.15) is 0 Å². The zero-order valence-corrected chi connectivity index (χ0v) is 11.8. The lowest BCUT2D eigenvalue weighted by atomic mass is 10.1. The van der Waals surface area contributed by atoms with Crippen LogP contribution in [0.4, 0.5) is 13.2 Å². The molecule has 0 atom stereocenters. The van der Waals surface area contributed by atoms with E-state index < -0.39 is 34.9 Å². The number of carbonyl (C=O) groups excluding carboxylic acids is 2. The van der Waals surface area contributed by atoms with E-state index in [9.17, 15) is 22.8 Å². The lowest BCUT2D eigenvalue weighted by Crippen LogP contribution is -2.37. The third-order valence-corrected chi connectivity index (χ3v) is 2.67. The maximum Gasteiger partial charge on any atom is 0.325 e. The summed E-state index contributed by atoms with van der Waals surface area (Å²) in [4.78, 5) is 24.6. The van der Waals surface area contributed by atoms with Crippen LogP contribution in [-0.2, 0) is 9.53 Å². The fraction of sp³-hybridized carbons (Fsp3) is 0.429. The highest BCUT2D eigenvalue weighted by atomic mass is 19.2. The molecule has 0 heterocycles. The first-order chi connectivity index (χ1) is 9.92. The number of ether oxygens (including phenoxy) is 1. The van der Waals surface area contributed by atoms with Crippen LogP contribution in [0, 0.1) is 17.5 Å². The molecule has 1 aromatic rings. The summed E-state index contributed by atoms with van der Waals surface area (Å²) < 4.78 is 44.4. The quantitative estimate of drug-likeness (QED) is 0.599. The third kappa shape index (κ3) is 4.21. The Hall–Kier alpha value is -2.05. The van der Waals surface area contributed by atoms with Crippen LogP contribution in [0.2, 0.25) is 0 Å². The van der Waals surface area contributed by atoms with Crippen LogP contribution in [0.3, 0.4) is 0 Å². The number of benzene rings is 1. The SMILES string of the molecule is CCCN(CC(=O)OCC)C(=O)c1ccc(F)c(F)c1F. The van der Waals surface area contributed by atoms with Crippen molar-refractivity contribution in [2.75, 3.05) is 19.7 Å². The molecule has 4 nitrogen and oxygen atoms in total. The van der Waals surface area contributed by atoms with Crippen molar-refractivity contribution in [3.05, 3.63) is 35.1 Å². The molecular formula is C14H16F3NO3. The molecule has 0 fully saturated rings. The van der Waals surface area contributed by atoms with E-state index in [0.29, 0.717) is 12.5 Å². The van der Waals surface area contributed by atoms with Crippen molar-refractivity contribution >= 4 is 11.9 Å². The molecule has 1 amide bonds. The topological polar surface area (TPSA) is 46.6 Å². The molecule has 0 saturated carbocycles. The Morgan fingerprint density at radius 3 is 2.38 bits per heavy atom. The van der Waals surface area contributed by atoms with Crippen LogP contribution in [0.1, 0.15) is 30.6 Å². The van der Waals surface area contributed by atoms with Crippen molar-refractivity contribution in [2.45, 2.75) is 20.3 Å². The molecule has 0 aromatic heterocycles. The predicted molar refractivity (Wildman–Crippen MR) is 69.1 cm³/mol. The van der Waals surface area contributed by atoms with Gasteiger partial charge in [0.25, 0.3) is 5.91 Å². The van der Waals surface area contributed by atoms with E-state index in [4.69, 9.17) is 4.74 Å². The Labute approximate surface area is 120 Å². The maximum atomic E-state index is 13.6. The zero-order chi connectivity index (χ0) is 16.0. The number of halogens is 3. The van der Waals surface area contributed by atoms with E-state index in [0.717, 1.165) is 11.0 Å². The summed E-state index contributed by atoms with van der Waals surface area (Å²) in [6.45, 7) is 3.30. The van der Waals surface area contributed by atoms with Crippen molar-refractivity contribution in [1.29, 1.82) is 0 Å². The molecule has 0 aliphatic heterocycles. The lowest BCUT2D eigenvalue weighted by molar-refractivity contribution is -0.143. The molecule has 0 saturated heterocycles. The second kappa shape index (κ2) is 7.66. The molecular weight excluding hydrogens is 287 g/mol. The van der Waals surface area contributed by atoms with Gasteiger partial charge >= 0.3 is 5.97 Å². The number of amides is 1. The summed E-state index contributed by atoms with van der Waals surface area (Å²) in [5.74, 6) is -6.20. The number of hydrogen-bond donors (Lipinski definition) is 0. The second-order valence-corrected chi connectivity index (χ2v) is 4.25. The standard InChI is InChI=1S/C14H16F3NO3/c1-3-7-18(8-11(19)21-4-2)14(20)9-5-6-10(15)13(17)12(9)16/h5-6H,3-4,7-8H2,1-2H3. The Bertz CT molecular complexity index is 534. The van der Waals surface area contributed by atoms with Crippen LogP contribution in [0.5, 0.6) is 0 Å². The minimum Gasteiger partial charge on any atom is -0.465 e. The van der Waals surface area contributed by atoms with Crippen LogP contribution in [0.25, 0.3) is 0 Å². The Morgan fingerprint density at radius 1 is 1.14 bits per heavy atom. The fourth-order valence-corrected chi connectivity index (χ4v) is 1.75.